The van der Waals surface area contributed by atoms with E-state index < -0.39 is 32.3 Å². The van der Waals surface area contributed by atoms with Crippen LogP contribution in [0.2, 0.25) is 103 Å². The molecule has 0 radical (unpaired) electrons. The Hall–Kier alpha value is -5.63. The number of ether oxygens (including phenoxy) is 4. The fourth-order valence-corrected chi connectivity index (χ4v) is 16.9. The summed E-state index contributed by atoms with van der Waals surface area (Å²) in [5, 5.41) is 9.89. The summed E-state index contributed by atoms with van der Waals surface area (Å²) in [7, 11) is -4.89. The topological polar surface area (TPSA) is 136 Å². The van der Waals surface area contributed by atoms with Crippen LogP contribution < -0.4 is 19.6 Å². The highest BCUT2D eigenvalue weighted by molar-refractivity contribution is 9.10. The van der Waals surface area contributed by atoms with Crippen LogP contribution in [0.4, 0.5) is 23.3 Å². The molecule has 0 N–H and O–H groups in total. The Balaban J connectivity index is 0.000000190. The number of benzene rings is 2. The Morgan fingerprint density at radius 1 is 0.452 bits per heavy atom. The van der Waals surface area contributed by atoms with Crippen molar-refractivity contribution in [3.63, 3.8) is 0 Å². The lowest BCUT2D eigenvalue weighted by Crippen LogP contribution is -2.38. The molecule has 0 amide bonds. The number of pyridine rings is 2. The highest BCUT2D eigenvalue weighted by atomic mass is 79.9. The number of nitrogens with zero attached hydrogens (tertiary/aromatic N) is 12. The minimum atomic E-state index is -1.23. The van der Waals surface area contributed by atoms with Gasteiger partial charge in [0.1, 0.15) is 48.8 Å². The van der Waals surface area contributed by atoms with Gasteiger partial charge in [0, 0.05) is 137 Å². The van der Waals surface area contributed by atoms with Gasteiger partial charge in [0.25, 0.3) is 0 Å². The van der Waals surface area contributed by atoms with E-state index in [1.54, 1.807) is 0 Å². The summed E-state index contributed by atoms with van der Waals surface area (Å²) in [6, 6.07) is 35.8. The Labute approximate surface area is 566 Å². The molecule has 16 nitrogen and oxygen atoms in total. The highest BCUT2D eigenvalue weighted by Gasteiger charge is 2.37. The van der Waals surface area contributed by atoms with Crippen LogP contribution in [0.1, 0.15) is 38.5 Å². The van der Waals surface area contributed by atoms with Gasteiger partial charge in [-0.15, -0.1) is 0 Å². The number of rotatable bonds is 28. The van der Waals surface area contributed by atoms with Crippen LogP contribution >= 0.6 is 15.9 Å². The van der Waals surface area contributed by atoms with E-state index in [9.17, 15) is 0 Å². The molecule has 498 valence electrons. The van der Waals surface area contributed by atoms with Crippen molar-refractivity contribution < 1.29 is 18.9 Å². The van der Waals surface area contributed by atoms with Gasteiger partial charge in [-0.1, -0.05) is 151 Å². The molecule has 12 rings (SSSR count). The van der Waals surface area contributed by atoms with Gasteiger partial charge >= 0.3 is 0 Å². The van der Waals surface area contributed by atoms with Crippen LogP contribution in [0, 0.1) is 23.7 Å². The van der Waals surface area contributed by atoms with Gasteiger partial charge in [-0.2, -0.15) is 19.2 Å². The normalized spacial score (nSPS) is 18.4. The van der Waals surface area contributed by atoms with Crippen LogP contribution in [0.15, 0.2) is 120 Å². The average molecular weight is 1390 g/mol. The lowest BCUT2D eigenvalue weighted by atomic mass is 9.99. The number of anilines is 4. The summed E-state index contributed by atoms with van der Waals surface area (Å²) in [6.07, 6.45) is 15.7. The molecule has 93 heavy (non-hydrogen) atoms. The third-order valence-corrected chi connectivity index (χ3v) is 26.2. The molecular formula is C72H103BrN12O4Si4. The molecule has 8 aromatic rings. The van der Waals surface area contributed by atoms with Crippen molar-refractivity contribution in [1.82, 2.24) is 39.2 Å². The van der Waals surface area contributed by atoms with Crippen LogP contribution in [0.25, 0.3) is 56.1 Å². The standard InChI is InChI=1S/C36H51BrN6O2Si2.C36H52N6O2Si2/c1-46(2,3)18-16-44-25-42(26-45-17-19-47(4,5)6)36-33(37)35(41-23-27-12-13-28(20-27)24-41)40-34-31(22-39-43(34)36)30-14-15-32(38-21-30)29-10-8-7-9-11-29;1-45(2,3)18-16-43-26-41(27-44-17-19-46(4,5)6)35-21-34(40-24-28-12-13-29(20-28)25-40)39-36-32(23-38-42(35)36)31-14-15-33(37-22-31)30-10-8-7-9-11-30/h7-11,14-15,21-22,27-28H,12-13,16-20,23-26H2,1-6H3;7-11,14-15,21-23,28-29H,12-13,16-20,24-27H2,1-6H3. The van der Waals surface area contributed by atoms with Crippen molar-refractivity contribution in [2.75, 3.05) is 99.1 Å². The van der Waals surface area contributed by atoms with Gasteiger partial charge in [-0.05, 0) is 114 Å². The number of piperidine rings is 2. The van der Waals surface area contributed by atoms with Gasteiger partial charge in [0.05, 0.1) is 23.8 Å². The average Bonchev–Trinajstić information content (AvgIpc) is 1.68. The van der Waals surface area contributed by atoms with E-state index in [4.69, 9.17) is 49.1 Å². The molecule has 2 aromatic carbocycles. The Morgan fingerprint density at radius 3 is 1.26 bits per heavy atom. The summed E-state index contributed by atoms with van der Waals surface area (Å²) in [4.78, 5) is 29.8. The molecular weight excluding hydrogens is 1290 g/mol. The minimum absolute atomic E-state index is 0.419. The van der Waals surface area contributed by atoms with E-state index in [0.29, 0.717) is 26.9 Å². The van der Waals surface area contributed by atoms with Crippen LogP contribution in [-0.4, -0.2) is 151 Å². The molecule has 0 spiro atoms. The zero-order valence-corrected chi connectivity index (χ0v) is 63.3. The molecule has 4 aliphatic rings. The van der Waals surface area contributed by atoms with Gasteiger partial charge in [0.15, 0.2) is 17.1 Å². The first-order valence-electron chi connectivity index (χ1n) is 34.3. The molecule has 4 unspecified atom stereocenters. The highest BCUT2D eigenvalue weighted by Crippen LogP contribution is 2.44. The second-order valence-electron chi connectivity index (χ2n) is 31.6. The zero-order valence-electron chi connectivity index (χ0n) is 57.7. The van der Waals surface area contributed by atoms with Crippen molar-refractivity contribution in [3.8, 4) is 44.8 Å². The molecule has 8 heterocycles. The predicted octanol–water partition coefficient (Wildman–Crippen LogP) is 17.0. The number of halogens is 1. The largest absolute Gasteiger partial charge is 0.361 e. The smallest absolute Gasteiger partial charge is 0.167 e. The third kappa shape index (κ3) is 18.5. The Kier molecular flexibility index (Phi) is 22.3. The Morgan fingerprint density at radius 2 is 0.849 bits per heavy atom. The fraction of sp³-hybridized carbons (Fsp3) is 0.528. The summed E-state index contributed by atoms with van der Waals surface area (Å²) in [5.74, 6) is 6.84. The third-order valence-electron chi connectivity index (χ3n) is 18.7. The maximum absolute atomic E-state index is 6.39. The van der Waals surface area contributed by atoms with Crippen molar-refractivity contribution in [2.45, 2.75) is 141 Å². The second kappa shape index (κ2) is 30.2. The number of fused-ring (bicyclic) bond motifs is 6. The first kappa shape index (κ1) is 68.7. The molecule has 4 fully saturated rings. The number of hydrogen-bond donors (Lipinski definition) is 0. The van der Waals surface area contributed by atoms with Crippen LogP contribution in [0.3, 0.4) is 0 Å². The molecule has 2 saturated carbocycles. The van der Waals surface area contributed by atoms with E-state index in [1.165, 1.54) is 38.5 Å². The maximum Gasteiger partial charge on any atom is 0.167 e. The monoisotopic (exact) mass is 1390 g/mol. The maximum atomic E-state index is 6.39. The van der Waals surface area contributed by atoms with Crippen LogP contribution in [0.5, 0.6) is 0 Å². The summed E-state index contributed by atoms with van der Waals surface area (Å²) < 4.78 is 30.4. The quantitative estimate of drug-likeness (QED) is 0.0261. The van der Waals surface area contributed by atoms with E-state index in [2.05, 4.69) is 169 Å². The molecule has 6 aromatic heterocycles. The zero-order chi connectivity index (χ0) is 65.5. The molecule has 2 aliphatic heterocycles. The fourth-order valence-electron chi connectivity index (χ4n) is 13.1. The molecule has 2 aliphatic carbocycles. The van der Waals surface area contributed by atoms with Gasteiger partial charge in [-0.3, -0.25) is 9.97 Å². The van der Waals surface area contributed by atoms with E-state index in [-0.39, 0.29) is 0 Å². The van der Waals surface area contributed by atoms with E-state index in [1.807, 2.05) is 70.2 Å². The molecule has 4 bridgehead atoms. The second-order valence-corrected chi connectivity index (χ2v) is 54.9. The van der Waals surface area contributed by atoms with E-state index >= 15 is 0 Å². The predicted molar refractivity (Wildman–Crippen MR) is 398 cm³/mol. The lowest BCUT2D eigenvalue weighted by molar-refractivity contribution is 0.0940. The molecule has 4 atom stereocenters. The first-order chi connectivity index (χ1) is 44.5. The van der Waals surface area contributed by atoms with Crippen molar-refractivity contribution in [1.29, 1.82) is 0 Å². The van der Waals surface area contributed by atoms with Gasteiger partial charge in [-0.25, -0.2) is 9.97 Å². The lowest BCUT2D eigenvalue weighted by Gasteiger charge is -2.35. The number of aromatic nitrogens is 8. The summed E-state index contributed by atoms with van der Waals surface area (Å²) in [6.45, 7) is 37.6. The van der Waals surface area contributed by atoms with Gasteiger partial charge < -0.3 is 38.5 Å². The van der Waals surface area contributed by atoms with Crippen molar-refractivity contribution in [2.24, 2.45) is 23.7 Å². The van der Waals surface area contributed by atoms with Crippen LogP contribution in [-0.2, 0) is 18.9 Å². The van der Waals surface area contributed by atoms with Gasteiger partial charge in [0.2, 0.25) is 0 Å². The van der Waals surface area contributed by atoms with Crippen molar-refractivity contribution >= 4 is 82.8 Å². The number of hydrogen-bond acceptors (Lipinski definition) is 14. The van der Waals surface area contributed by atoms with Crippen molar-refractivity contribution in [3.05, 3.63) is 120 Å². The van der Waals surface area contributed by atoms with E-state index in [0.717, 1.165) is 184 Å². The summed E-state index contributed by atoms with van der Waals surface area (Å²) >= 11 is 4.06. The molecule has 2 saturated heterocycles. The molecule has 21 heteroatoms. The minimum Gasteiger partial charge on any atom is -0.361 e. The SMILES string of the molecule is C[Si](C)(C)CCOCN(COCC[Si](C)(C)C)c1c(Br)c(N2CC3CCC(C3)C2)nc2c(-c3ccc(-c4ccccc4)nc3)cnn12.C[Si](C)(C)CCOCN(COCC[Si](C)(C)C)c1cc(N2CC3CCC(C3)C2)nc2c(-c3ccc(-c4ccccc4)nc3)cnn12. The first-order valence-corrected chi connectivity index (χ1v) is 49.9. The summed E-state index contributed by atoms with van der Waals surface area (Å²) in [5.41, 5.74) is 9.72. The Bertz CT molecular complexity index is 3640.